The summed E-state index contributed by atoms with van der Waals surface area (Å²) in [5.74, 6) is 0.398. The molecule has 1 saturated heterocycles. The standard InChI is InChI=1S/C14H26N2O2/c17-10-9-16(13-6-2-1-3-7-13)14(18)12-5-4-8-15-11-12/h12-13,15,17H,1-11H2/t12-/m0/s1. The van der Waals surface area contributed by atoms with Crippen LogP contribution < -0.4 is 5.32 Å². The topological polar surface area (TPSA) is 52.6 Å². The maximum absolute atomic E-state index is 12.6. The number of aliphatic hydroxyl groups is 1. The van der Waals surface area contributed by atoms with Gasteiger partial charge in [-0.3, -0.25) is 4.79 Å². The highest BCUT2D eigenvalue weighted by molar-refractivity contribution is 5.79. The molecule has 4 nitrogen and oxygen atoms in total. The van der Waals surface area contributed by atoms with Gasteiger partial charge in [0.15, 0.2) is 0 Å². The Morgan fingerprint density at radius 1 is 1.17 bits per heavy atom. The van der Waals surface area contributed by atoms with Crippen molar-refractivity contribution in [1.29, 1.82) is 0 Å². The second-order valence-electron chi connectivity index (χ2n) is 5.59. The van der Waals surface area contributed by atoms with Crippen LogP contribution in [0.1, 0.15) is 44.9 Å². The van der Waals surface area contributed by atoms with Crippen LogP contribution in [-0.2, 0) is 4.79 Å². The van der Waals surface area contributed by atoms with Gasteiger partial charge < -0.3 is 15.3 Å². The van der Waals surface area contributed by atoms with E-state index in [2.05, 4.69) is 5.32 Å². The molecule has 0 bridgehead atoms. The van der Waals surface area contributed by atoms with Gasteiger partial charge in [-0.25, -0.2) is 0 Å². The molecule has 1 aliphatic heterocycles. The largest absolute Gasteiger partial charge is 0.395 e. The first kappa shape index (κ1) is 13.8. The Labute approximate surface area is 110 Å². The average molecular weight is 254 g/mol. The van der Waals surface area contributed by atoms with E-state index in [1.54, 1.807) is 0 Å². The summed E-state index contributed by atoms with van der Waals surface area (Å²) in [5, 5.41) is 12.5. The molecule has 0 aromatic carbocycles. The fourth-order valence-corrected chi connectivity index (χ4v) is 3.27. The molecule has 0 aromatic rings. The summed E-state index contributed by atoms with van der Waals surface area (Å²) in [5.41, 5.74) is 0. The molecule has 1 amide bonds. The highest BCUT2D eigenvalue weighted by Gasteiger charge is 2.30. The molecule has 2 fully saturated rings. The van der Waals surface area contributed by atoms with Crippen molar-refractivity contribution in [2.24, 2.45) is 5.92 Å². The predicted octanol–water partition coefficient (Wildman–Crippen LogP) is 1.14. The van der Waals surface area contributed by atoms with Crippen LogP contribution in [0.25, 0.3) is 0 Å². The van der Waals surface area contributed by atoms with E-state index < -0.39 is 0 Å². The van der Waals surface area contributed by atoms with E-state index in [1.165, 1.54) is 19.3 Å². The Hall–Kier alpha value is -0.610. The first-order chi connectivity index (χ1) is 8.83. The first-order valence-electron chi connectivity index (χ1n) is 7.45. The van der Waals surface area contributed by atoms with Crippen molar-refractivity contribution in [3.63, 3.8) is 0 Å². The number of nitrogens with zero attached hydrogens (tertiary/aromatic N) is 1. The number of carbonyl (C=O) groups is 1. The van der Waals surface area contributed by atoms with Gasteiger partial charge in [0.25, 0.3) is 0 Å². The number of aliphatic hydroxyl groups excluding tert-OH is 1. The fourth-order valence-electron chi connectivity index (χ4n) is 3.27. The minimum absolute atomic E-state index is 0.0857. The van der Waals surface area contributed by atoms with Gasteiger partial charge in [0, 0.05) is 19.1 Å². The molecule has 1 aliphatic carbocycles. The Balaban J connectivity index is 1.96. The second kappa shape index (κ2) is 7.10. The van der Waals surface area contributed by atoms with Crippen molar-refractivity contribution in [3.8, 4) is 0 Å². The summed E-state index contributed by atoms with van der Waals surface area (Å²) in [7, 11) is 0. The number of carbonyl (C=O) groups excluding carboxylic acids is 1. The van der Waals surface area contributed by atoms with Gasteiger partial charge in [-0.2, -0.15) is 0 Å². The van der Waals surface area contributed by atoms with Crippen molar-refractivity contribution in [3.05, 3.63) is 0 Å². The van der Waals surface area contributed by atoms with Crippen LogP contribution in [0, 0.1) is 5.92 Å². The summed E-state index contributed by atoms with van der Waals surface area (Å²) in [6, 6.07) is 0.375. The first-order valence-corrected chi connectivity index (χ1v) is 7.45. The van der Waals surface area contributed by atoms with Gasteiger partial charge in [-0.15, -0.1) is 0 Å². The Kier molecular flexibility index (Phi) is 5.45. The highest BCUT2D eigenvalue weighted by Crippen LogP contribution is 2.25. The van der Waals surface area contributed by atoms with Crippen LogP contribution in [0.2, 0.25) is 0 Å². The normalized spacial score (nSPS) is 25.9. The SMILES string of the molecule is O=C([C@H]1CCCNC1)N(CCO)C1CCCCC1. The minimum Gasteiger partial charge on any atom is -0.395 e. The van der Waals surface area contributed by atoms with Gasteiger partial charge in [0.05, 0.1) is 12.5 Å². The molecular weight excluding hydrogens is 228 g/mol. The molecule has 1 heterocycles. The molecule has 1 saturated carbocycles. The van der Waals surface area contributed by atoms with Crippen LogP contribution in [0.3, 0.4) is 0 Å². The molecule has 104 valence electrons. The van der Waals surface area contributed by atoms with E-state index in [9.17, 15) is 9.90 Å². The van der Waals surface area contributed by atoms with E-state index in [1.807, 2.05) is 4.90 Å². The van der Waals surface area contributed by atoms with E-state index in [0.717, 1.165) is 38.8 Å². The lowest BCUT2D eigenvalue weighted by Gasteiger charge is -2.37. The molecule has 2 N–H and O–H groups in total. The molecule has 2 aliphatic rings. The van der Waals surface area contributed by atoms with Gasteiger partial charge in [0.1, 0.15) is 0 Å². The molecule has 0 unspecified atom stereocenters. The minimum atomic E-state index is 0.0857. The Morgan fingerprint density at radius 3 is 2.56 bits per heavy atom. The zero-order valence-electron chi connectivity index (χ0n) is 11.2. The van der Waals surface area contributed by atoms with Crippen molar-refractivity contribution < 1.29 is 9.90 Å². The zero-order valence-corrected chi connectivity index (χ0v) is 11.2. The van der Waals surface area contributed by atoms with Crippen molar-refractivity contribution in [1.82, 2.24) is 10.2 Å². The number of hydrogen-bond donors (Lipinski definition) is 2. The Bertz CT molecular complexity index is 259. The predicted molar refractivity (Wildman–Crippen MR) is 71.3 cm³/mol. The Morgan fingerprint density at radius 2 is 1.94 bits per heavy atom. The van der Waals surface area contributed by atoms with Crippen LogP contribution in [-0.4, -0.2) is 48.2 Å². The van der Waals surface area contributed by atoms with E-state index in [-0.39, 0.29) is 18.4 Å². The molecule has 0 aromatic heterocycles. The molecule has 0 spiro atoms. The quantitative estimate of drug-likeness (QED) is 0.791. The third-order valence-electron chi connectivity index (χ3n) is 4.29. The number of rotatable bonds is 4. The van der Waals surface area contributed by atoms with Crippen molar-refractivity contribution in [2.45, 2.75) is 51.0 Å². The molecule has 1 atom stereocenters. The maximum Gasteiger partial charge on any atom is 0.227 e. The van der Waals surface area contributed by atoms with Crippen LogP contribution in [0.5, 0.6) is 0 Å². The van der Waals surface area contributed by atoms with E-state index >= 15 is 0 Å². The van der Waals surface area contributed by atoms with E-state index in [0.29, 0.717) is 12.6 Å². The lowest BCUT2D eigenvalue weighted by atomic mass is 9.91. The van der Waals surface area contributed by atoms with Crippen LogP contribution in [0.15, 0.2) is 0 Å². The van der Waals surface area contributed by atoms with Crippen LogP contribution in [0.4, 0.5) is 0 Å². The van der Waals surface area contributed by atoms with Gasteiger partial charge in [-0.1, -0.05) is 19.3 Å². The second-order valence-corrected chi connectivity index (χ2v) is 5.59. The van der Waals surface area contributed by atoms with Crippen LogP contribution >= 0.6 is 0 Å². The highest BCUT2D eigenvalue weighted by atomic mass is 16.3. The molecule has 2 rings (SSSR count). The molecule has 18 heavy (non-hydrogen) atoms. The lowest BCUT2D eigenvalue weighted by Crippen LogP contribution is -2.49. The number of nitrogens with one attached hydrogen (secondary N) is 1. The number of amides is 1. The van der Waals surface area contributed by atoms with Gasteiger partial charge in [0.2, 0.25) is 5.91 Å². The maximum atomic E-state index is 12.6. The third kappa shape index (κ3) is 3.45. The lowest BCUT2D eigenvalue weighted by molar-refractivity contribution is -0.139. The summed E-state index contributed by atoms with van der Waals surface area (Å²) in [4.78, 5) is 14.5. The monoisotopic (exact) mass is 254 g/mol. The van der Waals surface area contributed by atoms with Gasteiger partial charge >= 0.3 is 0 Å². The van der Waals surface area contributed by atoms with Gasteiger partial charge in [-0.05, 0) is 32.2 Å². The summed E-state index contributed by atoms with van der Waals surface area (Å²) < 4.78 is 0. The third-order valence-corrected chi connectivity index (χ3v) is 4.29. The summed E-state index contributed by atoms with van der Waals surface area (Å²) >= 11 is 0. The molecule has 0 radical (unpaired) electrons. The smallest absolute Gasteiger partial charge is 0.227 e. The average Bonchev–Trinajstić information content (AvgIpc) is 2.46. The van der Waals surface area contributed by atoms with Crippen molar-refractivity contribution in [2.75, 3.05) is 26.2 Å². The number of piperidine rings is 1. The zero-order chi connectivity index (χ0) is 12.8. The van der Waals surface area contributed by atoms with Crippen molar-refractivity contribution >= 4 is 5.91 Å². The molecular formula is C14H26N2O2. The molecule has 4 heteroatoms. The summed E-state index contributed by atoms with van der Waals surface area (Å²) in [6.07, 6.45) is 8.07. The summed E-state index contributed by atoms with van der Waals surface area (Å²) in [6.45, 7) is 2.45. The van der Waals surface area contributed by atoms with E-state index in [4.69, 9.17) is 0 Å². The number of hydrogen-bond acceptors (Lipinski definition) is 3. The fraction of sp³-hybridized carbons (Fsp3) is 0.929.